The lowest BCUT2D eigenvalue weighted by Crippen LogP contribution is -2.24. The highest BCUT2D eigenvalue weighted by atomic mass is 14.9. The summed E-state index contributed by atoms with van der Waals surface area (Å²) in [5.41, 5.74) is 7.92. The summed E-state index contributed by atoms with van der Waals surface area (Å²) in [6.07, 6.45) is 1.15. The van der Waals surface area contributed by atoms with Gasteiger partial charge in [-0.25, -0.2) is 0 Å². The first-order valence-electron chi connectivity index (χ1n) is 6.45. The Morgan fingerprint density at radius 2 is 1.82 bits per heavy atom. The van der Waals surface area contributed by atoms with Crippen LogP contribution in [0.3, 0.4) is 0 Å². The van der Waals surface area contributed by atoms with Crippen LogP contribution in [0.15, 0.2) is 24.3 Å². The minimum Gasteiger partial charge on any atom is -0.398 e. The summed E-state index contributed by atoms with van der Waals surface area (Å²) in [7, 11) is 0. The molecule has 0 bridgehead atoms. The summed E-state index contributed by atoms with van der Waals surface area (Å²) in [5, 5.41) is 6.84. The van der Waals surface area contributed by atoms with E-state index in [-0.39, 0.29) is 0 Å². The monoisotopic (exact) mass is 235 g/mol. The highest BCUT2D eigenvalue weighted by Gasteiger charge is 1.96. The Hall–Kier alpha value is -1.06. The van der Waals surface area contributed by atoms with Crippen LogP contribution < -0.4 is 16.4 Å². The summed E-state index contributed by atoms with van der Waals surface area (Å²) in [4.78, 5) is 0. The third-order valence-electron chi connectivity index (χ3n) is 2.63. The van der Waals surface area contributed by atoms with Crippen LogP contribution in [0.5, 0.6) is 0 Å². The van der Waals surface area contributed by atoms with Crippen LogP contribution in [-0.2, 0) is 6.54 Å². The van der Waals surface area contributed by atoms with Crippen LogP contribution in [0.2, 0.25) is 0 Å². The van der Waals surface area contributed by atoms with Crippen molar-refractivity contribution in [3.63, 3.8) is 0 Å². The van der Waals surface area contributed by atoms with E-state index in [1.54, 1.807) is 0 Å². The van der Waals surface area contributed by atoms with Gasteiger partial charge < -0.3 is 16.4 Å². The van der Waals surface area contributed by atoms with E-state index in [9.17, 15) is 0 Å². The van der Waals surface area contributed by atoms with Crippen LogP contribution in [0.1, 0.15) is 25.8 Å². The lowest BCUT2D eigenvalue weighted by molar-refractivity contribution is 0.530. The van der Waals surface area contributed by atoms with Gasteiger partial charge in [-0.3, -0.25) is 0 Å². The van der Waals surface area contributed by atoms with E-state index in [1.807, 2.05) is 18.2 Å². The van der Waals surface area contributed by atoms with Crippen LogP contribution >= 0.6 is 0 Å². The third kappa shape index (κ3) is 6.29. The van der Waals surface area contributed by atoms with Gasteiger partial charge in [0.1, 0.15) is 0 Å². The summed E-state index contributed by atoms with van der Waals surface area (Å²) in [6.45, 7) is 8.52. The number of benzene rings is 1. The number of hydrogen-bond acceptors (Lipinski definition) is 3. The van der Waals surface area contributed by atoms with E-state index >= 15 is 0 Å². The second kappa shape index (κ2) is 8.09. The Morgan fingerprint density at radius 3 is 2.53 bits per heavy atom. The molecule has 1 aromatic rings. The van der Waals surface area contributed by atoms with Crippen LogP contribution in [0.25, 0.3) is 0 Å². The van der Waals surface area contributed by atoms with Gasteiger partial charge in [-0.1, -0.05) is 32.0 Å². The lowest BCUT2D eigenvalue weighted by Gasteiger charge is -2.09. The first kappa shape index (κ1) is 14.0. The SMILES string of the molecule is CC(C)CNCCCNCc1ccccc1N. The Balaban J connectivity index is 2.03. The highest BCUT2D eigenvalue weighted by molar-refractivity contribution is 5.46. The first-order chi connectivity index (χ1) is 8.20. The van der Waals surface area contributed by atoms with Gasteiger partial charge >= 0.3 is 0 Å². The fourth-order valence-electron chi connectivity index (χ4n) is 1.65. The van der Waals surface area contributed by atoms with Gasteiger partial charge in [-0.2, -0.15) is 0 Å². The number of nitrogens with two attached hydrogens (primary N) is 1. The molecule has 0 aliphatic heterocycles. The number of hydrogen-bond donors (Lipinski definition) is 3. The topological polar surface area (TPSA) is 50.1 Å². The molecule has 3 nitrogen and oxygen atoms in total. The zero-order chi connectivity index (χ0) is 12.5. The first-order valence-corrected chi connectivity index (χ1v) is 6.45. The minimum absolute atomic E-state index is 0.729. The summed E-state index contributed by atoms with van der Waals surface area (Å²) >= 11 is 0. The maximum Gasteiger partial charge on any atom is 0.0359 e. The number of anilines is 1. The molecule has 96 valence electrons. The van der Waals surface area contributed by atoms with Gasteiger partial charge in [0.15, 0.2) is 0 Å². The quantitative estimate of drug-likeness (QED) is 0.477. The molecule has 0 amide bonds. The number of rotatable bonds is 8. The fourth-order valence-corrected chi connectivity index (χ4v) is 1.65. The minimum atomic E-state index is 0.729. The zero-order valence-electron chi connectivity index (χ0n) is 11.0. The molecule has 4 N–H and O–H groups in total. The standard InChI is InChI=1S/C14H25N3/c1-12(2)10-16-8-5-9-17-11-13-6-3-4-7-14(13)15/h3-4,6-7,12,16-17H,5,8-11,15H2,1-2H3. The average Bonchev–Trinajstić information content (AvgIpc) is 2.30. The lowest BCUT2D eigenvalue weighted by atomic mass is 10.2. The molecule has 0 saturated carbocycles. The van der Waals surface area contributed by atoms with Crippen molar-refractivity contribution in [3.05, 3.63) is 29.8 Å². The number of nitrogen functional groups attached to an aromatic ring is 1. The number of nitrogens with one attached hydrogen (secondary N) is 2. The Kier molecular flexibility index (Phi) is 6.67. The maximum atomic E-state index is 5.86. The van der Waals surface area contributed by atoms with Crippen molar-refractivity contribution >= 4 is 5.69 Å². The van der Waals surface area contributed by atoms with Crippen LogP contribution in [0, 0.1) is 5.92 Å². The van der Waals surface area contributed by atoms with Gasteiger partial charge in [-0.15, -0.1) is 0 Å². The van der Waals surface area contributed by atoms with E-state index in [0.29, 0.717) is 0 Å². The van der Waals surface area contributed by atoms with Gasteiger partial charge in [0.2, 0.25) is 0 Å². The second-order valence-electron chi connectivity index (χ2n) is 4.83. The van der Waals surface area contributed by atoms with Crippen molar-refractivity contribution in [2.75, 3.05) is 25.4 Å². The van der Waals surface area contributed by atoms with Gasteiger partial charge in [-0.05, 0) is 43.6 Å². The molecule has 0 aliphatic carbocycles. The van der Waals surface area contributed by atoms with Crippen molar-refractivity contribution in [3.8, 4) is 0 Å². The van der Waals surface area contributed by atoms with Crippen molar-refractivity contribution < 1.29 is 0 Å². The Bertz CT molecular complexity index is 310. The highest BCUT2D eigenvalue weighted by Crippen LogP contribution is 2.09. The largest absolute Gasteiger partial charge is 0.398 e. The molecule has 0 spiro atoms. The predicted molar refractivity (Wildman–Crippen MR) is 74.9 cm³/mol. The molecule has 0 fully saturated rings. The molecule has 17 heavy (non-hydrogen) atoms. The van der Waals surface area contributed by atoms with Gasteiger partial charge in [0.05, 0.1) is 0 Å². The summed E-state index contributed by atoms with van der Waals surface area (Å²) in [6, 6.07) is 8.01. The summed E-state index contributed by atoms with van der Waals surface area (Å²) < 4.78 is 0. The van der Waals surface area contributed by atoms with E-state index < -0.39 is 0 Å². The molecule has 0 heterocycles. The normalized spacial score (nSPS) is 11.0. The van der Waals surface area contributed by atoms with E-state index in [2.05, 4.69) is 30.5 Å². The van der Waals surface area contributed by atoms with Crippen LogP contribution in [0.4, 0.5) is 5.69 Å². The zero-order valence-corrected chi connectivity index (χ0v) is 11.0. The molecule has 0 atom stereocenters. The molecule has 0 aliphatic rings. The molecular formula is C14H25N3. The molecule has 1 aromatic carbocycles. The van der Waals surface area contributed by atoms with E-state index in [1.165, 1.54) is 5.56 Å². The molecule has 0 radical (unpaired) electrons. The van der Waals surface area contributed by atoms with Crippen molar-refractivity contribution in [1.82, 2.24) is 10.6 Å². The molecule has 0 aromatic heterocycles. The smallest absolute Gasteiger partial charge is 0.0359 e. The molecular weight excluding hydrogens is 210 g/mol. The molecule has 0 unspecified atom stereocenters. The molecule has 1 rings (SSSR count). The Morgan fingerprint density at radius 1 is 1.12 bits per heavy atom. The fraction of sp³-hybridized carbons (Fsp3) is 0.571. The molecule has 0 saturated heterocycles. The number of para-hydroxylation sites is 1. The second-order valence-corrected chi connectivity index (χ2v) is 4.83. The van der Waals surface area contributed by atoms with E-state index in [0.717, 1.165) is 44.2 Å². The van der Waals surface area contributed by atoms with Gasteiger partial charge in [0.25, 0.3) is 0 Å². The maximum absolute atomic E-state index is 5.86. The van der Waals surface area contributed by atoms with Crippen molar-refractivity contribution in [2.45, 2.75) is 26.8 Å². The Labute approximate surface area is 105 Å². The average molecular weight is 235 g/mol. The van der Waals surface area contributed by atoms with Crippen molar-refractivity contribution in [1.29, 1.82) is 0 Å². The van der Waals surface area contributed by atoms with Crippen LogP contribution in [-0.4, -0.2) is 19.6 Å². The van der Waals surface area contributed by atoms with Crippen molar-refractivity contribution in [2.24, 2.45) is 5.92 Å². The molecule has 3 heteroatoms. The predicted octanol–water partition coefficient (Wildman–Crippen LogP) is 1.99. The summed E-state index contributed by atoms with van der Waals surface area (Å²) in [5.74, 6) is 0.729. The third-order valence-corrected chi connectivity index (χ3v) is 2.63. The van der Waals surface area contributed by atoms with E-state index in [4.69, 9.17) is 5.73 Å². The van der Waals surface area contributed by atoms with Gasteiger partial charge in [0, 0.05) is 12.2 Å².